The lowest BCUT2D eigenvalue weighted by Gasteiger charge is -2.26. The summed E-state index contributed by atoms with van der Waals surface area (Å²) < 4.78 is 11.1. The van der Waals surface area contributed by atoms with Gasteiger partial charge in [0.2, 0.25) is 0 Å². The maximum atomic E-state index is 11.9. The Morgan fingerprint density at radius 3 is 2.65 bits per heavy atom. The maximum Gasteiger partial charge on any atom is 0.317 e. The van der Waals surface area contributed by atoms with Crippen LogP contribution in [0.4, 0.5) is 4.79 Å². The average molecular weight is 364 g/mol. The fourth-order valence-electron chi connectivity index (χ4n) is 2.93. The highest BCUT2D eigenvalue weighted by Gasteiger charge is 2.19. The lowest BCUT2D eigenvalue weighted by Crippen LogP contribution is -2.40. The van der Waals surface area contributed by atoms with Crippen molar-refractivity contribution in [2.45, 2.75) is 39.5 Å². The molecule has 2 rings (SSSR count). The quantitative estimate of drug-likeness (QED) is 0.577. The highest BCUT2D eigenvalue weighted by Crippen LogP contribution is 2.31. The Labute approximate surface area is 157 Å². The van der Waals surface area contributed by atoms with Crippen molar-refractivity contribution in [3.8, 4) is 5.75 Å². The van der Waals surface area contributed by atoms with Crippen molar-refractivity contribution in [3.63, 3.8) is 0 Å². The molecule has 0 unspecified atom stereocenters. The molecule has 0 aromatic heterocycles. The van der Waals surface area contributed by atoms with E-state index in [9.17, 15) is 4.79 Å². The van der Waals surface area contributed by atoms with Gasteiger partial charge in [0.1, 0.15) is 5.75 Å². The SMILES string of the molecule is Cc1ccc(OCNC(=O)NCCCN2CCOCC2)c(C(C)(C)C)c1. The van der Waals surface area contributed by atoms with Crippen LogP contribution >= 0.6 is 0 Å². The highest BCUT2D eigenvalue weighted by atomic mass is 16.5. The van der Waals surface area contributed by atoms with E-state index in [1.807, 2.05) is 12.1 Å². The molecular weight excluding hydrogens is 330 g/mol. The number of nitrogens with zero attached hydrogens (tertiary/aromatic N) is 1. The summed E-state index contributed by atoms with van der Waals surface area (Å²) in [6.07, 6.45) is 0.931. The van der Waals surface area contributed by atoms with Gasteiger partial charge >= 0.3 is 6.03 Å². The van der Waals surface area contributed by atoms with E-state index in [1.54, 1.807) is 0 Å². The topological polar surface area (TPSA) is 62.8 Å². The Kier molecular flexibility index (Phi) is 7.72. The van der Waals surface area contributed by atoms with Gasteiger partial charge in [0.05, 0.1) is 13.2 Å². The molecule has 2 amide bonds. The highest BCUT2D eigenvalue weighted by molar-refractivity contribution is 5.73. The summed E-state index contributed by atoms with van der Waals surface area (Å²) in [5, 5.41) is 5.63. The van der Waals surface area contributed by atoms with Gasteiger partial charge in [-0.2, -0.15) is 0 Å². The van der Waals surface area contributed by atoms with Crippen LogP contribution < -0.4 is 15.4 Å². The number of nitrogens with one attached hydrogen (secondary N) is 2. The summed E-state index contributed by atoms with van der Waals surface area (Å²) in [5.41, 5.74) is 2.33. The van der Waals surface area contributed by atoms with Gasteiger partial charge in [0, 0.05) is 19.6 Å². The number of morpholine rings is 1. The Morgan fingerprint density at radius 2 is 1.96 bits per heavy atom. The summed E-state index contributed by atoms with van der Waals surface area (Å²) >= 11 is 0. The van der Waals surface area contributed by atoms with Crippen LogP contribution in [0.15, 0.2) is 18.2 Å². The van der Waals surface area contributed by atoms with E-state index in [0.29, 0.717) is 6.54 Å². The van der Waals surface area contributed by atoms with Crippen molar-refractivity contribution in [2.24, 2.45) is 0 Å². The molecule has 1 aliphatic heterocycles. The second-order valence-electron chi connectivity index (χ2n) is 7.78. The van der Waals surface area contributed by atoms with E-state index in [1.165, 1.54) is 5.56 Å². The molecule has 26 heavy (non-hydrogen) atoms. The largest absolute Gasteiger partial charge is 0.473 e. The number of carbonyl (C=O) groups excluding carboxylic acids is 1. The van der Waals surface area contributed by atoms with E-state index in [2.05, 4.69) is 49.3 Å². The van der Waals surface area contributed by atoms with E-state index in [-0.39, 0.29) is 18.2 Å². The van der Waals surface area contributed by atoms with Gasteiger partial charge < -0.3 is 20.1 Å². The molecule has 2 N–H and O–H groups in total. The van der Waals surface area contributed by atoms with Crippen LogP contribution in [0.2, 0.25) is 0 Å². The number of rotatable bonds is 7. The second-order valence-corrected chi connectivity index (χ2v) is 7.78. The molecule has 1 aliphatic rings. The van der Waals surface area contributed by atoms with Crippen molar-refractivity contribution in [1.29, 1.82) is 0 Å². The zero-order valence-electron chi connectivity index (χ0n) is 16.6. The first-order valence-electron chi connectivity index (χ1n) is 9.42. The van der Waals surface area contributed by atoms with E-state index in [4.69, 9.17) is 9.47 Å². The van der Waals surface area contributed by atoms with Gasteiger partial charge in [-0.3, -0.25) is 4.90 Å². The van der Waals surface area contributed by atoms with E-state index >= 15 is 0 Å². The molecular formula is C20H33N3O3. The van der Waals surface area contributed by atoms with Gasteiger partial charge in [0.15, 0.2) is 6.73 Å². The second kappa shape index (κ2) is 9.78. The molecule has 0 radical (unpaired) electrons. The summed E-state index contributed by atoms with van der Waals surface area (Å²) in [6.45, 7) is 13.9. The first-order chi connectivity index (χ1) is 12.4. The molecule has 0 aliphatic carbocycles. The minimum atomic E-state index is -0.198. The summed E-state index contributed by atoms with van der Waals surface area (Å²) in [4.78, 5) is 14.2. The van der Waals surface area contributed by atoms with Crippen molar-refractivity contribution < 1.29 is 14.3 Å². The lowest BCUT2D eigenvalue weighted by atomic mass is 9.85. The molecule has 1 fully saturated rings. The van der Waals surface area contributed by atoms with Crippen LogP contribution in [0, 0.1) is 6.92 Å². The standard InChI is InChI=1S/C20H33N3O3/c1-16-6-7-18(17(14-16)20(2,3)4)26-15-22-19(24)21-8-5-9-23-10-12-25-13-11-23/h6-7,14H,5,8-13,15H2,1-4H3,(H2,21,22,24). The normalized spacial score (nSPS) is 15.5. The maximum absolute atomic E-state index is 11.9. The summed E-state index contributed by atoms with van der Waals surface area (Å²) in [5.74, 6) is 0.815. The zero-order valence-corrected chi connectivity index (χ0v) is 16.6. The van der Waals surface area contributed by atoms with Crippen LogP contribution in [0.1, 0.15) is 38.3 Å². The van der Waals surface area contributed by atoms with E-state index in [0.717, 1.165) is 50.6 Å². The molecule has 6 heteroatoms. The Hall–Kier alpha value is -1.79. The monoisotopic (exact) mass is 363 g/mol. The number of amides is 2. The molecule has 6 nitrogen and oxygen atoms in total. The Bertz CT molecular complexity index is 578. The van der Waals surface area contributed by atoms with Gasteiger partial charge in [0.25, 0.3) is 0 Å². The molecule has 0 saturated carbocycles. The Balaban J connectivity index is 1.67. The molecule has 1 saturated heterocycles. The predicted octanol–water partition coefficient (Wildman–Crippen LogP) is 2.65. The number of benzene rings is 1. The van der Waals surface area contributed by atoms with Crippen molar-refractivity contribution >= 4 is 6.03 Å². The van der Waals surface area contributed by atoms with Crippen molar-refractivity contribution in [3.05, 3.63) is 29.3 Å². The third kappa shape index (κ3) is 6.84. The zero-order chi connectivity index (χ0) is 19.0. The van der Waals surface area contributed by atoms with Gasteiger partial charge in [-0.05, 0) is 36.9 Å². The summed E-state index contributed by atoms with van der Waals surface area (Å²) in [7, 11) is 0. The van der Waals surface area contributed by atoms with Crippen LogP contribution in [-0.4, -0.2) is 57.1 Å². The molecule has 1 aromatic carbocycles. The molecule has 146 valence electrons. The smallest absolute Gasteiger partial charge is 0.317 e. The molecule has 1 aromatic rings. The van der Waals surface area contributed by atoms with Crippen LogP contribution in [0.3, 0.4) is 0 Å². The molecule has 1 heterocycles. The van der Waals surface area contributed by atoms with Crippen molar-refractivity contribution in [2.75, 3.05) is 46.1 Å². The fourth-order valence-corrected chi connectivity index (χ4v) is 2.93. The van der Waals surface area contributed by atoms with Crippen LogP contribution in [-0.2, 0) is 10.2 Å². The lowest BCUT2D eigenvalue weighted by molar-refractivity contribution is 0.0375. The first-order valence-corrected chi connectivity index (χ1v) is 9.42. The van der Waals surface area contributed by atoms with E-state index < -0.39 is 0 Å². The van der Waals surface area contributed by atoms with Gasteiger partial charge in [-0.1, -0.05) is 38.5 Å². The number of urea groups is 1. The third-order valence-corrected chi connectivity index (χ3v) is 4.44. The minimum absolute atomic E-state index is 0.0108. The minimum Gasteiger partial charge on any atom is -0.473 e. The van der Waals surface area contributed by atoms with Gasteiger partial charge in [-0.25, -0.2) is 4.79 Å². The average Bonchev–Trinajstić information content (AvgIpc) is 2.60. The third-order valence-electron chi connectivity index (χ3n) is 4.44. The number of ether oxygens (including phenoxy) is 2. The fraction of sp³-hybridized carbons (Fsp3) is 0.650. The number of aryl methyl sites for hydroxylation is 1. The predicted molar refractivity (Wildman–Crippen MR) is 104 cm³/mol. The number of hydrogen-bond donors (Lipinski definition) is 2. The molecule has 0 spiro atoms. The Morgan fingerprint density at radius 1 is 1.23 bits per heavy atom. The van der Waals surface area contributed by atoms with Gasteiger partial charge in [-0.15, -0.1) is 0 Å². The molecule has 0 bridgehead atoms. The summed E-state index contributed by atoms with van der Waals surface area (Å²) in [6, 6.07) is 5.94. The number of carbonyl (C=O) groups is 1. The van der Waals surface area contributed by atoms with Crippen molar-refractivity contribution in [1.82, 2.24) is 15.5 Å². The number of hydrogen-bond acceptors (Lipinski definition) is 4. The first kappa shape index (κ1) is 20.5. The molecule has 0 atom stereocenters. The van der Waals surface area contributed by atoms with Crippen LogP contribution in [0.5, 0.6) is 5.75 Å². The van der Waals surface area contributed by atoms with Crippen LogP contribution in [0.25, 0.3) is 0 Å².